The fourth-order valence-electron chi connectivity index (χ4n) is 2.77. The van der Waals surface area contributed by atoms with Crippen LogP contribution in [0.5, 0.6) is 0 Å². The van der Waals surface area contributed by atoms with E-state index in [9.17, 15) is 27.9 Å². The molecule has 0 aliphatic rings. The molecule has 0 saturated carbocycles. The Labute approximate surface area is 160 Å². The maximum Gasteiger partial charge on any atom is 0.416 e. The number of ether oxygens (including phenoxy) is 1. The molecule has 2 rings (SSSR count). The molecule has 0 aliphatic heterocycles. The Hall–Kier alpha value is -2.87. The number of carboxylic acid groups (broad SMARTS) is 1. The van der Waals surface area contributed by atoms with Gasteiger partial charge in [0.15, 0.2) is 6.10 Å². The lowest BCUT2D eigenvalue weighted by Gasteiger charge is -2.22. The molecule has 0 radical (unpaired) electrons. The summed E-state index contributed by atoms with van der Waals surface area (Å²) < 4.78 is 44.5. The first kappa shape index (κ1) is 21.4. The monoisotopic (exact) mass is 395 g/mol. The number of rotatable bonds is 10. The van der Waals surface area contributed by atoms with E-state index < -0.39 is 29.7 Å². The third-order valence-electron chi connectivity index (χ3n) is 4.20. The number of hydrogen-bond donors (Lipinski definition) is 2. The summed E-state index contributed by atoms with van der Waals surface area (Å²) in [4.78, 5) is 22.3. The van der Waals surface area contributed by atoms with Crippen molar-refractivity contribution < 1.29 is 32.6 Å². The second kappa shape index (κ2) is 9.89. The molecule has 0 fully saturated rings. The lowest BCUT2D eigenvalue weighted by molar-refractivity contribution is -0.152. The Balaban J connectivity index is 2.18. The molecule has 0 aromatic heterocycles. The van der Waals surface area contributed by atoms with E-state index in [0.717, 1.165) is 17.7 Å². The quantitative estimate of drug-likeness (QED) is 0.603. The van der Waals surface area contributed by atoms with Crippen LogP contribution in [0.25, 0.3) is 0 Å². The fraction of sp³-hybridized carbons (Fsp3) is 0.300. The van der Waals surface area contributed by atoms with E-state index in [1.165, 1.54) is 12.1 Å². The second-order valence-electron chi connectivity index (χ2n) is 6.21. The number of aliphatic carboxylic acids is 1. The van der Waals surface area contributed by atoms with E-state index in [1.54, 1.807) is 24.3 Å². The van der Waals surface area contributed by atoms with Gasteiger partial charge in [-0.1, -0.05) is 48.5 Å². The Kier molecular flexibility index (Phi) is 7.57. The molecule has 5 nitrogen and oxygen atoms in total. The van der Waals surface area contributed by atoms with Crippen LogP contribution < -0.4 is 5.32 Å². The van der Waals surface area contributed by atoms with Gasteiger partial charge >= 0.3 is 12.1 Å². The molecule has 0 saturated heterocycles. The summed E-state index contributed by atoms with van der Waals surface area (Å²) in [6.07, 6.45) is -5.44. The highest BCUT2D eigenvalue weighted by Gasteiger charge is 2.32. The summed E-state index contributed by atoms with van der Waals surface area (Å²) in [6, 6.07) is 13.6. The fourth-order valence-corrected chi connectivity index (χ4v) is 2.77. The van der Waals surface area contributed by atoms with Crippen LogP contribution in [0.1, 0.15) is 29.0 Å². The molecular formula is C20H20F3NO4. The van der Waals surface area contributed by atoms with Crippen molar-refractivity contribution in [3.8, 4) is 0 Å². The molecule has 150 valence electrons. The molecule has 2 aromatic rings. The van der Waals surface area contributed by atoms with Gasteiger partial charge in [-0.2, -0.15) is 13.2 Å². The summed E-state index contributed by atoms with van der Waals surface area (Å²) in [5.74, 6) is -1.89. The summed E-state index contributed by atoms with van der Waals surface area (Å²) >= 11 is 0. The number of amides is 1. The zero-order valence-electron chi connectivity index (χ0n) is 14.9. The summed E-state index contributed by atoms with van der Waals surface area (Å²) in [5, 5.41) is 11.9. The molecule has 2 N–H and O–H groups in total. The maximum absolute atomic E-state index is 13.0. The Morgan fingerprint density at radius 2 is 1.86 bits per heavy atom. The topological polar surface area (TPSA) is 75.6 Å². The molecule has 28 heavy (non-hydrogen) atoms. The van der Waals surface area contributed by atoms with Gasteiger partial charge in [0.25, 0.3) is 0 Å². The van der Waals surface area contributed by atoms with E-state index in [0.29, 0.717) is 6.41 Å². The molecule has 2 unspecified atom stereocenters. The standard InChI is InChI=1S/C20H20F3NO4/c21-20(22,23)17-8-4-7-15(9-17)16(11-24-13-25)10-18(19(26)27)28-12-14-5-2-1-3-6-14/h1-9,13,16,18H,10-12H2,(H,24,25)(H,26,27). The van der Waals surface area contributed by atoms with E-state index in [-0.39, 0.29) is 25.1 Å². The van der Waals surface area contributed by atoms with Gasteiger partial charge in [-0.3, -0.25) is 4.79 Å². The molecule has 0 aliphatic carbocycles. The SMILES string of the molecule is O=CNCC(CC(OCc1ccccc1)C(=O)O)c1cccc(C(F)(F)F)c1. The molecule has 0 bridgehead atoms. The Morgan fingerprint density at radius 1 is 1.14 bits per heavy atom. The number of nitrogens with one attached hydrogen (secondary N) is 1. The zero-order valence-corrected chi connectivity index (χ0v) is 14.9. The number of carboxylic acids is 1. The maximum atomic E-state index is 13.0. The van der Waals surface area contributed by atoms with Gasteiger partial charge in [0.05, 0.1) is 12.2 Å². The number of benzene rings is 2. The van der Waals surface area contributed by atoms with Gasteiger partial charge in [0.2, 0.25) is 6.41 Å². The van der Waals surface area contributed by atoms with Gasteiger partial charge < -0.3 is 15.2 Å². The van der Waals surface area contributed by atoms with Crippen LogP contribution in [0.3, 0.4) is 0 Å². The number of hydrogen-bond acceptors (Lipinski definition) is 3. The van der Waals surface area contributed by atoms with Gasteiger partial charge in [0, 0.05) is 12.5 Å². The number of carbonyl (C=O) groups is 2. The number of carbonyl (C=O) groups excluding carboxylic acids is 1. The van der Waals surface area contributed by atoms with Crippen LogP contribution in [0.4, 0.5) is 13.2 Å². The lowest BCUT2D eigenvalue weighted by Crippen LogP contribution is -2.30. The van der Waals surface area contributed by atoms with Crippen LogP contribution in [0.2, 0.25) is 0 Å². The van der Waals surface area contributed by atoms with Crippen LogP contribution in [-0.2, 0) is 27.1 Å². The molecule has 0 heterocycles. The smallest absolute Gasteiger partial charge is 0.416 e. The van der Waals surface area contributed by atoms with Gasteiger partial charge in [-0.25, -0.2) is 4.79 Å². The predicted octanol–water partition coefficient (Wildman–Crippen LogP) is 3.60. The Bertz CT molecular complexity index is 781. The first-order chi connectivity index (χ1) is 13.3. The number of alkyl halides is 3. The highest BCUT2D eigenvalue weighted by Crippen LogP contribution is 2.32. The van der Waals surface area contributed by atoms with Crippen molar-refractivity contribution in [2.24, 2.45) is 0 Å². The van der Waals surface area contributed by atoms with Crippen LogP contribution in [0, 0.1) is 0 Å². The van der Waals surface area contributed by atoms with Crippen LogP contribution in [-0.4, -0.2) is 30.1 Å². The summed E-state index contributed by atoms with van der Waals surface area (Å²) in [7, 11) is 0. The molecule has 8 heteroatoms. The van der Waals surface area contributed by atoms with Gasteiger partial charge in [-0.05, 0) is 23.6 Å². The van der Waals surface area contributed by atoms with Crippen molar-refractivity contribution in [3.63, 3.8) is 0 Å². The minimum Gasteiger partial charge on any atom is -0.479 e. The highest BCUT2D eigenvalue weighted by atomic mass is 19.4. The van der Waals surface area contributed by atoms with Crippen molar-refractivity contribution in [1.29, 1.82) is 0 Å². The molecule has 1 amide bonds. The lowest BCUT2D eigenvalue weighted by atomic mass is 9.91. The summed E-state index contributed by atoms with van der Waals surface area (Å²) in [6.45, 7) is 0.0392. The highest BCUT2D eigenvalue weighted by molar-refractivity contribution is 5.72. The van der Waals surface area contributed by atoms with E-state index in [2.05, 4.69) is 5.32 Å². The van der Waals surface area contributed by atoms with E-state index >= 15 is 0 Å². The molecule has 2 aromatic carbocycles. The van der Waals surface area contributed by atoms with Crippen LogP contribution in [0.15, 0.2) is 54.6 Å². The van der Waals surface area contributed by atoms with Crippen molar-refractivity contribution in [1.82, 2.24) is 5.32 Å². The van der Waals surface area contributed by atoms with Crippen molar-refractivity contribution in [3.05, 3.63) is 71.3 Å². The summed E-state index contributed by atoms with van der Waals surface area (Å²) in [5.41, 5.74) is 0.215. The predicted molar refractivity (Wildman–Crippen MR) is 95.5 cm³/mol. The minimum atomic E-state index is -4.52. The third kappa shape index (κ3) is 6.38. The van der Waals surface area contributed by atoms with Crippen LogP contribution >= 0.6 is 0 Å². The van der Waals surface area contributed by atoms with Crippen molar-refractivity contribution in [2.75, 3.05) is 6.54 Å². The molecule has 2 atom stereocenters. The first-order valence-electron chi connectivity index (χ1n) is 8.53. The Morgan fingerprint density at radius 3 is 2.46 bits per heavy atom. The van der Waals surface area contributed by atoms with Crippen molar-refractivity contribution >= 4 is 12.4 Å². The van der Waals surface area contributed by atoms with Gasteiger partial charge in [0.1, 0.15) is 0 Å². The third-order valence-corrected chi connectivity index (χ3v) is 4.20. The first-order valence-corrected chi connectivity index (χ1v) is 8.53. The second-order valence-corrected chi connectivity index (χ2v) is 6.21. The normalized spacial score (nSPS) is 13.5. The average Bonchev–Trinajstić information content (AvgIpc) is 2.67. The zero-order chi connectivity index (χ0) is 20.6. The number of halogens is 3. The largest absolute Gasteiger partial charge is 0.479 e. The molecule has 0 spiro atoms. The van der Waals surface area contributed by atoms with Gasteiger partial charge in [-0.15, -0.1) is 0 Å². The van der Waals surface area contributed by atoms with E-state index in [1.807, 2.05) is 6.07 Å². The average molecular weight is 395 g/mol. The van der Waals surface area contributed by atoms with Crippen molar-refractivity contribution in [2.45, 2.75) is 31.2 Å². The molecular weight excluding hydrogens is 375 g/mol. The minimum absolute atomic E-state index is 0.0106. The van der Waals surface area contributed by atoms with E-state index in [4.69, 9.17) is 4.74 Å².